The number of aliphatic hydroxyl groups is 1. The zero-order chi connectivity index (χ0) is 18.4. The van der Waals surface area contributed by atoms with Crippen molar-refractivity contribution in [1.82, 2.24) is 9.80 Å². The summed E-state index contributed by atoms with van der Waals surface area (Å²) < 4.78 is 19.3. The summed E-state index contributed by atoms with van der Waals surface area (Å²) in [5.41, 5.74) is 1.94. The molecule has 0 bridgehead atoms. The summed E-state index contributed by atoms with van der Waals surface area (Å²) in [5, 5.41) is 9.47. The second kappa shape index (κ2) is 9.12. The molecule has 0 spiro atoms. The van der Waals surface area contributed by atoms with Crippen LogP contribution in [0, 0.1) is 5.82 Å². The van der Waals surface area contributed by atoms with E-state index in [1.165, 1.54) is 11.6 Å². The molecule has 1 N–H and O–H groups in total. The van der Waals surface area contributed by atoms with E-state index in [9.17, 15) is 9.50 Å². The second-order valence-electron chi connectivity index (χ2n) is 6.81. The highest BCUT2D eigenvalue weighted by Gasteiger charge is 2.27. The minimum absolute atomic E-state index is 0.144. The lowest BCUT2D eigenvalue weighted by Crippen LogP contribution is -2.52. The normalized spacial score (nSPS) is 18.8. The van der Waals surface area contributed by atoms with Crippen LogP contribution in [-0.4, -0.2) is 54.3 Å². The molecule has 2 aromatic rings. The standard InChI is InChI=1S/C21H27FN2O2/c1-26-20-7-4-5-17(13-20)14-23-10-11-24(19(16-23)9-12-25)15-18-6-2-3-8-21(18)22/h2-8,13,19,25H,9-12,14-16H2,1H3/t19-/m0/s1. The molecular weight excluding hydrogens is 331 g/mol. The molecule has 140 valence electrons. The van der Waals surface area contributed by atoms with Crippen LogP contribution in [0.25, 0.3) is 0 Å². The van der Waals surface area contributed by atoms with Crippen molar-refractivity contribution in [2.45, 2.75) is 25.6 Å². The third kappa shape index (κ3) is 4.81. The fourth-order valence-electron chi connectivity index (χ4n) is 3.61. The van der Waals surface area contributed by atoms with Crippen molar-refractivity contribution < 1.29 is 14.2 Å². The zero-order valence-electron chi connectivity index (χ0n) is 15.3. The molecule has 2 aromatic carbocycles. The van der Waals surface area contributed by atoms with Gasteiger partial charge in [-0.15, -0.1) is 0 Å². The van der Waals surface area contributed by atoms with E-state index >= 15 is 0 Å². The molecule has 3 rings (SSSR count). The van der Waals surface area contributed by atoms with Crippen LogP contribution in [0.2, 0.25) is 0 Å². The van der Waals surface area contributed by atoms with Gasteiger partial charge in [-0.2, -0.15) is 0 Å². The number of aliphatic hydroxyl groups excluding tert-OH is 1. The Morgan fingerprint density at radius 1 is 1.12 bits per heavy atom. The summed E-state index contributed by atoms with van der Waals surface area (Å²) in [6, 6.07) is 15.3. The fraction of sp³-hybridized carbons (Fsp3) is 0.429. The number of ether oxygens (including phenoxy) is 1. The van der Waals surface area contributed by atoms with Crippen LogP contribution in [0.5, 0.6) is 5.75 Å². The van der Waals surface area contributed by atoms with Gasteiger partial charge in [-0.25, -0.2) is 4.39 Å². The molecule has 1 saturated heterocycles. The number of piperazine rings is 1. The average Bonchev–Trinajstić information content (AvgIpc) is 2.66. The minimum Gasteiger partial charge on any atom is -0.497 e. The van der Waals surface area contributed by atoms with Gasteiger partial charge in [-0.3, -0.25) is 9.80 Å². The van der Waals surface area contributed by atoms with E-state index in [1.54, 1.807) is 13.2 Å². The van der Waals surface area contributed by atoms with Gasteiger partial charge >= 0.3 is 0 Å². The number of benzene rings is 2. The van der Waals surface area contributed by atoms with E-state index in [-0.39, 0.29) is 18.5 Å². The maximum absolute atomic E-state index is 14.0. The molecule has 0 radical (unpaired) electrons. The van der Waals surface area contributed by atoms with E-state index < -0.39 is 0 Å². The van der Waals surface area contributed by atoms with Crippen LogP contribution in [-0.2, 0) is 13.1 Å². The van der Waals surface area contributed by atoms with Crippen LogP contribution in [0.3, 0.4) is 0 Å². The van der Waals surface area contributed by atoms with E-state index in [0.717, 1.165) is 37.5 Å². The van der Waals surface area contributed by atoms with Crippen molar-refractivity contribution >= 4 is 0 Å². The second-order valence-corrected chi connectivity index (χ2v) is 6.81. The molecule has 1 fully saturated rings. The van der Waals surface area contributed by atoms with Crippen LogP contribution in [0.15, 0.2) is 48.5 Å². The molecule has 0 aliphatic carbocycles. The van der Waals surface area contributed by atoms with Crippen molar-refractivity contribution in [3.8, 4) is 5.75 Å². The molecule has 4 nitrogen and oxygen atoms in total. The summed E-state index contributed by atoms with van der Waals surface area (Å²) in [6.07, 6.45) is 0.697. The van der Waals surface area contributed by atoms with E-state index in [1.807, 2.05) is 24.3 Å². The molecule has 0 saturated carbocycles. The lowest BCUT2D eigenvalue weighted by Gasteiger charge is -2.41. The minimum atomic E-state index is -0.158. The maximum Gasteiger partial charge on any atom is 0.127 e. The third-order valence-electron chi connectivity index (χ3n) is 5.02. The van der Waals surface area contributed by atoms with Gasteiger partial charge in [0, 0.05) is 50.9 Å². The van der Waals surface area contributed by atoms with Crippen LogP contribution in [0.1, 0.15) is 17.5 Å². The van der Waals surface area contributed by atoms with Crippen molar-refractivity contribution in [2.24, 2.45) is 0 Å². The monoisotopic (exact) mass is 358 g/mol. The number of rotatable bonds is 7. The predicted octanol–water partition coefficient (Wildman–Crippen LogP) is 2.90. The highest BCUT2D eigenvalue weighted by atomic mass is 19.1. The summed E-state index contributed by atoms with van der Waals surface area (Å²) in [4.78, 5) is 4.68. The van der Waals surface area contributed by atoms with Gasteiger partial charge in [-0.1, -0.05) is 30.3 Å². The van der Waals surface area contributed by atoms with Gasteiger partial charge in [-0.05, 0) is 30.2 Å². The van der Waals surface area contributed by atoms with Crippen molar-refractivity contribution in [3.63, 3.8) is 0 Å². The Hall–Kier alpha value is -1.95. The largest absolute Gasteiger partial charge is 0.497 e. The van der Waals surface area contributed by atoms with Gasteiger partial charge in [0.05, 0.1) is 7.11 Å². The molecule has 1 aliphatic heterocycles. The molecule has 1 heterocycles. The molecule has 0 aromatic heterocycles. The molecule has 26 heavy (non-hydrogen) atoms. The lowest BCUT2D eigenvalue weighted by atomic mass is 10.1. The average molecular weight is 358 g/mol. The fourth-order valence-corrected chi connectivity index (χ4v) is 3.61. The highest BCUT2D eigenvalue weighted by Crippen LogP contribution is 2.21. The highest BCUT2D eigenvalue weighted by molar-refractivity contribution is 5.28. The van der Waals surface area contributed by atoms with Gasteiger partial charge in [0.15, 0.2) is 0 Å². The first-order valence-corrected chi connectivity index (χ1v) is 9.13. The lowest BCUT2D eigenvalue weighted by molar-refractivity contribution is 0.0493. The number of hydrogen-bond acceptors (Lipinski definition) is 4. The number of methoxy groups -OCH3 is 1. The zero-order valence-corrected chi connectivity index (χ0v) is 15.3. The smallest absolute Gasteiger partial charge is 0.127 e. The topological polar surface area (TPSA) is 35.9 Å². The molecule has 0 amide bonds. The number of nitrogens with zero attached hydrogens (tertiary/aromatic N) is 2. The third-order valence-corrected chi connectivity index (χ3v) is 5.02. The first-order valence-electron chi connectivity index (χ1n) is 9.13. The first-order chi connectivity index (χ1) is 12.7. The molecule has 5 heteroatoms. The Kier molecular flexibility index (Phi) is 6.61. The summed E-state index contributed by atoms with van der Waals surface area (Å²) >= 11 is 0. The van der Waals surface area contributed by atoms with Gasteiger partial charge in [0.1, 0.15) is 11.6 Å². The Labute approximate surface area is 154 Å². The molecule has 1 aliphatic rings. The number of hydrogen-bond donors (Lipinski definition) is 1. The maximum atomic E-state index is 14.0. The molecule has 1 atom stereocenters. The van der Waals surface area contributed by atoms with Gasteiger partial charge in [0.2, 0.25) is 0 Å². The Bertz CT molecular complexity index is 710. The van der Waals surface area contributed by atoms with Crippen molar-refractivity contribution in [2.75, 3.05) is 33.4 Å². The van der Waals surface area contributed by atoms with Gasteiger partial charge in [0.25, 0.3) is 0 Å². The summed E-state index contributed by atoms with van der Waals surface area (Å²) in [6.45, 7) is 4.24. The molecular formula is C21H27FN2O2. The van der Waals surface area contributed by atoms with Crippen molar-refractivity contribution in [1.29, 1.82) is 0 Å². The Morgan fingerprint density at radius 3 is 2.73 bits per heavy atom. The Morgan fingerprint density at radius 2 is 1.96 bits per heavy atom. The first kappa shape index (κ1) is 18.8. The van der Waals surface area contributed by atoms with E-state index in [0.29, 0.717) is 13.0 Å². The quantitative estimate of drug-likeness (QED) is 0.826. The predicted molar refractivity (Wildman–Crippen MR) is 101 cm³/mol. The number of halogens is 1. The van der Waals surface area contributed by atoms with E-state index in [4.69, 9.17) is 4.74 Å². The van der Waals surface area contributed by atoms with Crippen molar-refractivity contribution in [3.05, 3.63) is 65.5 Å². The Balaban J connectivity index is 1.64. The summed E-state index contributed by atoms with van der Waals surface area (Å²) in [7, 11) is 1.68. The SMILES string of the molecule is COc1cccc(CN2CCN(Cc3ccccc3F)[C@@H](CCO)C2)c1. The van der Waals surface area contributed by atoms with E-state index in [2.05, 4.69) is 21.9 Å². The summed E-state index contributed by atoms with van der Waals surface area (Å²) in [5.74, 6) is 0.710. The van der Waals surface area contributed by atoms with Gasteiger partial charge < -0.3 is 9.84 Å². The van der Waals surface area contributed by atoms with Crippen LogP contribution < -0.4 is 4.74 Å². The van der Waals surface area contributed by atoms with Crippen LogP contribution >= 0.6 is 0 Å². The molecule has 0 unspecified atom stereocenters. The van der Waals surface area contributed by atoms with Crippen LogP contribution in [0.4, 0.5) is 4.39 Å².